The van der Waals surface area contributed by atoms with Gasteiger partial charge in [-0.1, -0.05) is 33.1 Å². The molecule has 0 amide bonds. The second kappa shape index (κ2) is 8.12. The molecular formula is C13H27NO. The standard InChI is InChI=1S/C13H27NO/c1-3-7-12(4-2)14-10-11-15-13-8-5-6-9-13/h12-14H,3-11H2,1-2H3. The average molecular weight is 213 g/mol. The minimum atomic E-state index is 0.568. The molecule has 0 spiro atoms. The van der Waals surface area contributed by atoms with E-state index in [1.165, 1.54) is 44.9 Å². The molecule has 0 aromatic rings. The fourth-order valence-corrected chi connectivity index (χ4v) is 2.34. The van der Waals surface area contributed by atoms with E-state index in [2.05, 4.69) is 19.2 Å². The van der Waals surface area contributed by atoms with E-state index in [0.717, 1.165) is 13.2 Å². The van der Waals surface area contributed by atoms with E-state index in [0.29, 0.717) is 12.1 Å². The Kier molecular flexibility index (Phi) is 7.03. The SMILES string of the molecule is CCCC(CC)NCCOC1CCCC1. The van der Waals surface area contributed by atoms with E-state index < -0.39 is 0 Å². The first-order valence-corrected chi connectivity index (χ1v) is 6.71. The summed E-state index contributed by atoms with van der Waals surface area (Å²) in [5.74, 6) is 0. The molecule has 90 valence electrons. The maximum absolute atomic E-state index is 5.81. The molecule has 2 heteroatoms. The highest BCUT2D eigenvalue weighted by Crippen LogP contribution is 2.20. The molecule has 1 aliphatic rings. The van der Waals surface area contributed by atoms with Crippen molar-refractivity contribution in [2.45, 2.75) is 70.9 Å². The first-order chi connectivity index (χ1) is 7.36. The first kappa shape index (κ1) is 13.0. The van der Waals surface area contributed by atoms with Gasteiger partial charge in [0.1, 0.15) is 0 Å². The van der Waals surface area contributed by atoms with Gasteiger partial charge in [-0.05, 0) is 25.7 Å². The van der Waals surface area contributed by atoms with Gasteiger partial charge < -0.3 is 10.1 Å². The number of hydrogen-bond acceptors (Lipinski definition) is 2. The number of ether oxygens (including phenoxy) is 1. The average Bonchev–Trinajstić information content (AvgIpc) is 2.75. The highest BCUT2D eigenvalue weighted by molar-refractivity contribution is 4.68. The summed E-state index contributed by atoms with van der Waals surface area (Å²) in [4.78, 5) is 0. The number of nitrogens with one attached hydrogen (secondary N) is 1. The molecular weight excluding hydrogens is 186 g/mol. The van der Waals surface area contributed by atoms with Crippen LogP contribution in [0.5, 0.6) is 0 Å². The predicted molar refractivity (Wildman–Crippen MR) is 65.2 cm³/mol. The third kappa shape index (κ3) is 5.53. The smallest absolute Gasteiger partial charge is 0.0594 e. The fraction of sp³-hybridized carbons (Fsp3) is 1.00. The molecule has 1 atom stereocenters. The Hall–Kier alpha value is -0.0800. The highest BCUT2D eigenvalue weighted by atomic mass is 16.5. The summed E-state index contributed by atoms with van der Waals surface area (Å²) in [6, 6.07) is 0.696. The van der Waals surface area contributed by atoms with Crippen LogP contribution in [0.4, 0.5) is 0 Å². The third-order valence-electron chi connectivity index (χ3n) is 3.32. The van der Waals surface area contributed by atoms with Crippen LogP contribution in [-0.2, 0) is 4.74 Å². The van der Waals surface area contributed by atoms with E-state index >= 15 is 0 Å². The Labute approximate surface area is 94.8 Å². The van der Waals surface area contributed by atoms with Crippen LogP contribution in [0.15, 0.2) is 0 Å². The van der Waals surface area contributed by atoms with Crippen LogP contribution in [0.3, 0.4) is 0 Å². The zero-order valence-corrected chi connectivity index (χ0v) is 10.4. The second-order valence-electron chi connectivity index (χ2n) is 4.63. The van der Waals surface area contributed by atoms with Crippen molar-refractivity contribution in [2.24, 2.45) is 0 Å². The summed E-state index contributed by atoms with van der Waals surface area (Å²) >= 11 is 0. The highest BCUT2D eigenvalue weighted by Gasteiger charge is 2.14. The van der Waals surface area contributed by atoms with Gasteiger partial charge in [-0.2, -0.15) is 0 Å². The largest absolute Gasteiger partial charge is 0.377 e. The van der Waals surface area contributed by atoms with Crippen molar-refractivity contribution in [1.82, 2.24) is 5.32 Å². The van der Waals surface area contributed by atoms with Crippen LogP contribution in [0.25, 0.3) is 0 Å². The van der Waals surface area contributed by atoms with Crippen molar-refractivity contribution in [3.05, 3.63) is 0 Å². The van der Waals surface area contributed by atoms with Crippen LogP contribution in [-0.4, -0.2) is 25.3 Å². The molecule has 1 fully saturated rings. The van der Waals surface area contributed by atoms with Crippen LogP contribution in [0, 0.1) is 0 Å². The summed E-state index contributed by atoms with van der Waals surface area (Å²) in [7, 11) is 0. The van der Waals surface area contributed by atoms with Crippen molar-refractivity contribution < 1.29 is 4.74 Å². The monoisotopic (exact) mass is 213 g/mol. The second-order valence-corrected chi connectivity index (χ2v) is 4.63. The Balaban J connectivity index is 1.94. The van der Waals surface area contributed by atoms with Gasteiger partial charge >= 0.3 is 0 Å². The number of hydrogen-bond donors (Lipinski definition) is 1. The van der Waals surface area contributed by atoms with E-state index in [1.54, 1.807) is 0 Å². The van der Waals surface area contributed by atoms with Crippen LogP contribution < -0.4 is 5.32 Å². The lowest BCUT2D eigenvalue weighted by atomic mass is 10.1. The molecule has 0 aromatic heterocycles. The number of rotatable bonds is 8. The molecule has 0 saturated heterocycles. The maximum Gasteiger partial charge on any atom is 0.0594 e. The minimum absolute atomic E-state index is 0.568. The van der Waals surface area contributed by atoms with Gasteiger partial charge in [0, 0.05) is 12.6 Å². The maximum atomic E-state index is 5.81. The normalized spacial score (nSPS) is 19.6. The van der Waals surface area contributed by atoms with Gasteiger partial charge in [0.2, 0.25) is 0 Å². The lowest BCUT2D eigenvalue weighted by Crippen LogP contribution is -2.32. The van der Waals surface area contributed by atoms with E-state index in [-0.39, 0.29) is 0 Å². The topological polar surface area (TPSA) is 21.3 Å². The molecule has 15 heavy (non-hydrogen) atoms. The van der Waals surface area contributed by atoms with Gasteiger partial charge in [0.05, 0.1) is 12.7 Å². The summed E-state index contributed by atoms with van der Waals surface area (Å²) in [5, 5.41) is 3.57. The molecule has 0 heterocycles. The zero-order chi connectivity index (χ0) is 10.9. The minimum Gasteiger partial charge on any atom is -0.377 e. The molecule has 1 unspecified atom stereocenters. The Morgan fingerprint density at radius 2 is 2.00 bits per heavy atom. The lowest BCUT2D eigenvalue weighted by molar-refractivity contribution is 0.0589. The van der Waals surface area contributed by atoms with Gasteiger partial charge in [0.15, 0.2) is 0 Å². The summed E-state index contributed by atoms with van der Waals surface area (Å²) in [6.07, 6.45) is 9.67. The Bertz CT molecular complexity index is 143. The molecule has 2 nitrogen and oxygen atoms in total. The first-order valence-electron chi connectivity index (χ1n) is 6.71. The van der Waals surface area contributed by atoms with Crippen LogP contribution >= 0.6 is 0 Å². The van der Waals surface area contributed by atoms with Crippen molar-refractivity contribution in [1.29, 1.82) is 0 Å². The molecule has 0 aliphatic heterocycles. The van der Waals surface area contributed by atoms with E-state index in [4.69, 9.17) is 4.74 Å². The summed E-state index contributed by atoms with van der Waals surface area (Å²) < 4.78 is 5.81. The van der Waals surface area contributed by atoms with E-state index in [9.17, 15) is 0 Å². The van der Waals surface area contributed by atoms with Crippen molar-refractivity contribution >= 4 is 0 Å². The summed E-state index contributed by atoms with van der Waals surface area (Å²) in [5.41, 5.74) is 0. The lowest BCUT2D eigenvalue weighted by Gasteiger charge is -2.17. The molecule has 0 radical (unpaired) electrons. The fourth-order valence-electron chi connectivity index (χ4n) is 2.34. The van der Waals surface area contributed by atoms with Gasteiger partial charge in [0.25, 0.3) is 0 Å². The predicted octanol–water partition coefficient (Wildman–Crippen LogP) is 3.11. The Morgan fingerprint density at radius 3 is 2.60 bits per heavy atom. The quantitative estimate of drug-likeness (QED) is 0.626. The third-order valence-corrected chi connectivity index (χ3v) is 3.32. The zero-order valence-electron chi connectivity index (χ0n) is 10.4. The van der Waals surface area contributed by atoms with Gasteiger partial charge in [-0.25, -0.2) is 0 Å². The Morgan fingerprint density at radius 1 is 1.27 bits per heavy atom. The molecule has 1 aliphatic carbocycles. The van der Waals surface area contributed by atoms with Crippen molar-refractivity contribution in [2.75, 3.05) is 13.2 Å². The van der Waals surface area contributed by atoms with Crippen molar-refractivity contribution in [3.63, 3.8) is 0 Å². The van der Waals surface area contributed by atoms with Gasteiger partial charge in [-0.3, -0.25) is 0 Å². The molecule has 0 aromatic carbocycles. The van der Waals surface area contributed by atoms with Gasteiger partial charge in [-0.15, -0.1) is 0 Å². The molecule has 1 N–H and O–H groups in total. The molecule has 1 rings (SSSR count). The molecule has 0 bridgehead atoms. The summed E-state index contributed by atoms with van der Waals surface area (Å²) in [6.45, 7) is 6.42. The molecule has 1 saturated carbocycles. The van der Waals surface area contributed by atoms with Crippen LogP contribution in [0.1, 0.15) is 58.8 Å². The van der Waals surface area contributed by atoms with E-state index in [1.807, 2.05) is 0 Å². The van der Waals surface area contributed by atoms with Crippen LogP contribution in [0.2, 0.25) is 0 Å². The van der Waals surface area contributed by atoms with Crippen molar-refractivity contribution in [3.8, 4) is 0 Å².